The largest absolute Gasteiger partial charge is 0.441 e. The van der Waals surface area contributed by atoms with Gasteiger partial charge in [-0.2, -0.15) is 0 Å². The average Bonchev–Trinajstić information content (AvgIpc) is 2.77. The highest BCUT2D eigenvalue weighted by Gasteiger charge is 2.08. The van der Waals surface area contributed by atoms with Gasteiger partial charge in [0.15, 0.2) is 17.3 Å². The van der Waals surface area contributed by atoms with Crippen LogP contribution in [0.3, 0.4) is 0 Å². The maximum atomic E-state index is 5.53. The second-order valence-corrected chi connectivity index (χ2v) is 4.43. The number of oxazole rings is 1. The molecule has 0 aliphatic heterocycles. The molecule has 19 heavy (non-hydrogen) atoms. The van der Waals surface area contributed by atoms with E-state index in [1.165, 1.54) is 0 Å². The summed E-state index contributed by atoms with van der Waals surface area (Å²) in [6.45, 7) is 3.84. The van der Waals surface area contributed by atoms with Gasteiger partial charge in [0.2, 0.25) is 0 Å². The molecular formula is C14H14N4O. The highest BCUT2D eigenvalue weighted by atomic mass is 16.3. The summed E-state index contributed by atoms with van der Waals surface area (Å²) in [5, 5.41) is 11.4. The van der Waals surface area contributed by atoms with E-state index in [9.17, 15) is 0 Å². The fourth-order valence-corrected chi connectivity index (χ4v) is 2.07. The summed E-state index contributed by atoms with van der Waals surface area (Å²) < 4.78 is 5.53. The van der Waals surface area contributed by atoms with Crippen LogP contribution in [0.1, 0.15) is 11.5 Å². The van der Waals surface area contributed by atoms with Crippen molar-refractivity contribution >= 4 is 16.9 Å². The smallest absolute Gasteiger partial charge is 0.192 e. The van der Waals surface area contributed by atoms with Crippen LogP contribution >= 0.6 is 0 Å². The van der Waals surface area contributed by atoms with Crippen molar-refractivity contribution in [3.05, 3.63) is 35.7 Å². The molecule has 0 saturated heterocycles. The molecule has 3 aromatic rings. The average molecular weight is 254 g/mol. The van der Waals surface area contributed by atoms with Crippen molar-refractivity contribution in [3.63, 3.8) is 0 Å². The molecule has 0 atom stereocenters. The van der Waals surface area contributed by atoms with Crippen molar-refractivity contribution in [2.45, 2.75) is 13.8 Å². The Balaban J connectivity index is 2.10. The molecule has 0 spiro atoms. The van der Waals surface area contributed by atoms with Gasteiger partial charge in [-0.3, -0.25) is 0 Å². The van der Waals surface area contributed by atoms with Gasteiger partial charge in [-0.05, 0) is 30.7 Å². The molecule has 0 amide bonds. The summed E-state index contributed by atoms with van der Waals surface area (Å²) in [5.41, 5.74) is 4.49. The predicted octanol–water partition coefficient (Wildman–Crippen LogP) is 2.94. The molecule has 1 N–H and O–H groups in total. The summed E-state index contributed by atoms with van der Waals surface area (Å²) >= 11 is 0. The number of hydrogen-bond donors (Lipinski definition) is 1. The minimum Gasteiger partial charge on any atom is -0.441 e. The molecule has 0 radical (unpaired) electrons. The van der Waals surface area contributed by atoms with Crippen LogP contribution in [0.5, 0.6) is 0 Å². The third kappa shape index (κ3) is 2.03. The zero-order chi connectivity index (χ0) is 13.4. The van der Waals surface area contributed by atoms with Gasteiger partial charge in [0.1, 0.15) is 5.52 Å². The summed E-state index contributed by atoms with van der Waals surface area (Å²) in [6, 6.07) is 7.86. The molecule has 0 bridgehead atoms. The second kappa shape index (κ2) is 4.35. The SMILES string of the molecule is CNc1nnc(-c2ccc3nc(C)oc3c2)cc1C. The van der Waals surface area contributed by atoms with Crippen molar-refractivity contribution in [2.24, 2.45) is 0 Å². The van der Waals surface area contributed by atoms with Gasteiger partial charge in [0.05, 0.1) is 5.69 Å². The lowest BCUT2D eigenvalue weighted by molar-refractivity contribution is 0.561. The maximum Gasteiger partial charge on any atom is 0.192 e. The molecule has 3 rings (SSSR count). The Morgan fingerprint density at radius 3 is 2.68 bits per heavy atom. The van der Waals surface area contributed by atoms with E-state index in [0.29, 0.717) is 5.89 Å². The number of rotatable bonds is 2. The number of fused-ring (bicyclic) bond motifs is 1. The van der Waals surface area contributed by atoms with Gasteiger partial charge in [-0.1, -0.05) is 6.07 Å². The lowest BCUT2D eigenvalue weighted by Gasteiger charge is -2.05. The Morgan fingerprint density at radius 2 is 1.95 bits per heavy atom. The molecule has 5 heteroatoms. The Morgan fingerprint density at radius 1 is 1.11 bits per heavy atom. The first kappa shape index (κ1) is 11.6. The van der Waals surface area contributed by atoms with E-state index in [1.54, 1.807) is 0 Å². The monoisotopic (exact) mass is 254 g/mol. The van der Waals surface area contributed by atoms with Crippen LogP contribution in [0.2, 0.25) is 0 Å². The molecule has 0 fully saturated rings. The third-order valence-corrected chi connectivity index (χ3v) is 3.01. The summed E-state index contributed by atoms with van der Waals surface area (Å²) in [7, 11) is 1.83. The number of hydrogen-bond acceptors (Lipinski definition) is 5. The minimum absolute atomic E-state index is 0.667. The van der Waals surface area contributed by atoms with Gasteiger partial charge in [-0.25, -0.2) is 4.98 Å². The van der Waals surface area contributed by atoms with E-state index in [0.717, 1.165) is 33.7 Å². The molecule has 1 aromatic carbocycles. The van der Waals surface area contributed by atoms with Crippen LogP contribution in [0.4, 0.5) is 5.82 Å². The molecule has 2 aromatic heterocycles. The van der Waals surface area contributed by atoms with Crippen LogP contribution in [0.25, 0.3) is 22.4 Å². The molecular weight excluding hydrogens is 240 g/mol. The van der Waals surface area contributed by atoms with Crippen LogP contribution in [0.15, 0.2) is 28.7 Å². The van der Waals surface area contributed by atoms with Crippen LogP contribution in [-0.4, -0.2) is 22.2 Å². The Labute approximate surface area is 110 Å². The fourth-order valence-electron chi connectivity index (χ4n) is 2.07. The Hall–Kier alpha value is -2.43. The predicted molar refractivity (Wildman–Crippen MR) is 74.1 cm³/mol. The van der Waals surface area contributed by atoms with Gasteiger partial charge >= 0.3 is 0 Å². The Bertz CT molecular complexity index is 748. The first-order valence-corrected chi connectivity index (χ1v) is 6.07. The highest BCUT2D eigenvalue weighted by Crippen LogP contribution is 2.24. The van der Waals surface area contributed by atoms with E-state index in [-0.39, 0.29) is 0 Å². The number of aryl methyl sites for hydroxylation is 2. The lowest BCUT2D eigenvalue weighted by Crippen LogP contribution is -1.98. The van der Waals surface area contributed by atoms with E-state index >= 15 is 0 Å². The summed E-state index contributed by atoms with van der Waals surface area (Å²) in [5.74, 6) is 1.46. The number of benzene rings is 1. The van der Waals surface area contributed by atoms with Crippen molar-refractivity contribution < 1.29 is 4.42 Å². The molecule has 5 nitrogen and oxygen atoms in total. The molecule has 96 valence electrons. The lowest BCUT2D eigenvalue weighted by atomic mass is 10.1. The van der Waals surface area contributed by atoms with Crippen molar-refractivity contribution in [3.8, 4) is 11.3 Å². The first-order chi connectivity index (χ1) is 9.17. The topological polar surface area (TPSA) is 63.8 Å². The second-order valence-electron chi connectivity index (χ2n) is 4.43. The zero-order valence-corrected chi connectivity index (χ0v) is 11.1. The molecule has 0 aliphatic rings. The standard InChI is InChI=1S/C14H14N4O/c1-8-6-12(17-18-14(8)15-3)10-4-5-11-13(7-10)19-9(2)16-11/h4-7H,1-3H3,(H,15,18). The number of nitrogens with zero attached hydrogens (tertiary/aromatic N) is 3. The fraction of sp³-hybridized carbons (Fsp3) is 0.214. The van der Waals surface area contributed by atoms with Gasteiger partial charge in [-0.15, -0.1) is 10.2 Å². The number of anilines is 1. The minimum atomic E-state index is 0.667. The van der Waals surface area contributed by atoms with E-state index < -0.39 is 0 Å². The van der Waals surface area contributed by atoms with Crippen molar-refractivity contribution in [2.75, 3.05) is 12.4 Å². The van der Waals surface area contributed by atoms with Gasteiger partial charge < -0.3 is 9.73 Å². The highest BCUT2D eigenvalue weighted by molar-refractivity contribution is 5.79. The molecule has 0 unspecified atom stereocenters. The first-order valence-electron chi connectivity index (χ1n) is 6.07. The molecule has 0 saturated carbocycles. The van der Waals surface area contributed by atoms with Gasteiger partial charge in [0.25, 0.3) is 0 Å². The van der Waals surface area contributed by atoms with Crippen molar-refractivity contribution in [1.29, 1.82) is 0 Å². The zero-order valence-electron chi connectivity index (χ0n) is 11.1. The van der Waals surface area contributed by atoms with Crippen molar-refractivity contribution in [1.82, 2.24) is 15.2 Å². The summed E-state index contributed by atoms with van der Waals surface area (Å²) in [4.78, 5) is 4.28. The Kier molecular flexibility index (Phi) is 2.67. The van der Waals surface area contributed by atoms with Gasteiger partial charge in [0, 0.05) is 19.5 Å². The number of nitrogens with one attached hydrogen (secondary N) is 1. The molecule has 0 aliphatic carbocycles. The molecule has 2 heterocycles. The quantitative estimate of drug-likeness (QED) is 0.761. The van der Waals surface area contributed by atoms with E-state index in [1.807, 2.05) is 45.2 Å². The number of aromatic nitrogens is 3. The van der Waals surface area contributed by atoms with Crippen LogP contribution in [-0.2, 0) is 0 Å². The normalized spacial score (nSPS) is 10.9. The van der Waals surface area contributed by atoms with Crippen LogP contribution < -0.4 is 5.32 Å². The van der Waals surface area contributed by atoms with Crippen LogP contribution in [0, 0.1) is 13.8 Å². The van der Waals surface area contributed by atoms with E-state index in [2.05, 4.69) is 20.5 Å². The van der Waals surface area contributed by atoms with E-state index in [4.69, 9.17) is 4.42 Å². The summed E-state index contributed by atoms with van der Waals surface area (Å²) in [6.07, 6.45) is 0. The third-order valence-electron chi connectivity index (χ3n) is 3.01. The maximum absolute atomic E-state index is 5.53.